The van der Waals surface area contributed by atoms with Crippen molar-refractivity contribution in [3.8, 4) is 0 Å². The quantitative estimate of drug-likeness (QED) is 0.729. The van der Waals surface area contributed by atoms with Crippen molar-refractivity contribution in [2.75, 3.05) is 24.2 Å². The Morgan fingerprint density at radius 3 is 2.37 bits per heavy atom. The zero-order valence-electron chi connectivity index (χ0n) is 15.4. The van der Waals surface area contributed by atoms with Crippen LogP contribution < -0.4 is 9.62 Å². The van der Waals surface area contributed by atoms with Crippen LogP contribution in [-0.4, -0.2) is 40.2 Å². The van der Waals surface area contributed by atoms with Gasteiger partial charge >= 0.3 is 5.97 Å². The van der Waals surface area contributed by atoms with Gasteiger partial charge in [-0.05, 0) is 30.7 Å². The Balaban J connectivity index is 2.14. The SMILES string of the molecule is COC(=O)c1cccc(N(CC(=O)NCc2ccc(C)cc2)S(C)(=O)=O)c1. The zero-order valence-corrected chi connectivity index (χ0v) is 16.2. The van der Waals surface area contributed by atoms with Gasteiger partial charge in [0, 0.05) is 6.54 Å². The molecule has 1 amide bonds. The number of aryl methyl sites for hydroxylation is 1. The first kappa shape index (κ1) is 20.4. The van der Waals surface area contributed by atoms with E-state index in [0.717, 1.165) is 21.7 Å². The molecular weight excluding hydrogens is 368 g/mol. The molecule has 0 aliphatic rings. The number of nitrogens with zero attached hydrogens (tertiary/aromatic N) is 1. The normalized spacial score (nSPS) is 10.9. The molecule has 7 nitrogen and oxygen atoms in total. The number of nitrogens with one attached hydrogen (secondary N) is 1. The van der Waals surface area contributed by atoms with Gasteiger partial charge in [-0.15, -0.1) is 0 Å². The number of hydrogen-bond donors (Lipinski definition) is 1. The Bertz CT molecular complexity index is 923. The summed E-state index contributed by atoms with van der Waals surface area (Å²) in [6.07, 6.45) is 1.01. The molecule has 0 spiro atoms. The lowest BCUT2D eigenvalue weighted by Gasteiger charge is -2.22. The van der Waals surface area contributed by atoms with Crippen LogP contribution in [0.15, 0.2) is 48.5 Å². The summed E-state index contributed by atoms with van der Waals surface area (Å²) in [7, 11) is -2.49. The minimum Gasteiger partial charge on any atom is -0.465 e. The van der Waals surface area contributed by atoms with Crippen molar-refractivity contribution in [2.24, 2.45) is 0 Å². The maximum absolute atomic E-state index is 12.3. The standard InChI is InChI=1S/C19H22N2O5S/c1-14-7-9-15(10-8-14)12-20-18(22)13-21(27(3,24)25)17-6-4-5-16(11-17)19(23)26-2/h4-11H,12-13H2,1-3H3,(H,20,22). The summed E-state index contributed by atoms with van der Waals surface area (Å²) in [5.74, 6) is -1.04. The summed E-state index contributed by atoms with van der Waals surface area (Å²) in [5, 5.41) is 2.70. The van der Waals surface area contributed by atoms with Crippen LogP contribution in [0.5, 0.6) is 0 Å². The van der Waals surface area contributed by atoms with Crippen molar-refractivity contribution in [3.05, 3.63) is 65.2 Å². The molecule has 0 fully saturated rings. The molecule has 144 valence electrons. The van der Waals surface area contributed by atoms with Crippen molar-refractivity contribution in [3.63, 3.8) is 0 Å². The highest BCUT2D eigenvalue weighted by Gasteiger charge is 2.21. The van der Waals surface area contributed by atoms with Crippen LogP contribution >= 0.6 is 0 Å². The van der Waals surface area contributed by atoms with Crippen LogP contribution in [0.2, 0.25) is 0 Å². The van der Waals surface area contributed by atoms with Gasteiger partial charge in [0.1, 0.15) is 6.54 Å². The van der Waals surface area contributed by atoms with Gasteiger partial charge in [0.05, 0.1) is 24.6 Å². The highest BCUT2D eigenvalue weighted by atomic mass is 32.2. The number of carbonyl (C=O) groups excluding carboxylic acids is 2. The first-order chi connectivity index (χ1) is 12.7. The molecule has 0 saturated heterocycles. The second kappa shape index (κ2) is 8.68. The van der Waals surface area contributed by atoms with Gasteiger partial charge in [-0.3, -0.25) is 9.10 Å². The largest absolute Gasteiger partial charge is 0.465 e. The minimum absolute atomic E-state index is 0.198. The Morgan fingerprint density at radius 2 is 1.78 bits per heavy atom. The van der Waals surface area contributed by atoms with E-state index in [9.17, 15) is 18.0 Å². The van der Waals surface area contributed by atoms with Gasteiger partial charge in [0.2, 0.25) is 15.9 Å². The fourth-order valence-electron chi connectivity index (χ4n) is 2.40. The van der Waals surface area contributed by atoms with Crippen molar-refractivity contribution in [1.29, 1.82) is 0 Å². The lowest BCUT2D eigenvalue weighted by atomic mass is 10.1. The first-order valence-electron chi connectivity index (χ1n) is 8.19. The third-order valence-electron chi connectivity index (χ3n) is 3.85. The third kappa shape index (κ3) is 5.82. The van der Waals surface area contributed by atoms with Crippen LogP contribution in [0.1, 0.15) is 21.5 Å². The summed E-state index contributed by atoms with van der Waals surface area (Å²) in [4.78, 5) is 24.0. The molecule has 2 rings (SSSR count). The molecular formula is C19H22N2O5S. The van der Waals surface area contributed by atoms with Crippen molar-refractivity contribution in [1.82, 2.24) is 5.32 Å². The van der Waals surface area contributed by atoms with Crippen LogP contribution in [-0.2, 0) is 26.1 Å². The average Bonchev–Trinajstić information content (AvgIpc) is 2.64. The molecule has 0 aliphatic heterocycles. The van der Waals surface area contributed by atoms with E-state index in [4.69, 9.17) is 0 Å². The zero-order chi connectivity index (χ0) is 20.0. The predicted molar refractivity (Wildman–Crippen MR) is 103 cm³/mol. The van der Waals surface area contributed by atoms with E-state index in [-0.39, 0.29) is 11.3 Å². The highest BCUT2D eigenvalue weighted by molar-refractivity contribution is 7.92. The lowest BCUT2D eigenvalue weighted by Crippen LogP contribution is -2.40. The van der Waals surface area contributed by atoms with E-state index in [2.05, 4.69) is 10.1 Å². The molecule has 27 heavy (non-hydrogen) atoms. The summed E-state index contributed by atoms with van der Waals surface area (Å²) in [6, 6.07) is 13.6. The fourth-order valence-corrected chi connectivity index (χ4v) is 3.25. The van der Waals surface area contributed by atoms with Crippen LogP contribution in [0, 0.1) is 6.92 Å². The summed E-state index contributed by atoms with van der Waals surface area (Å²) in [5.41, 5.74) is 2.43. The lowest BCUT2D eigenvalue weighted by molar-refractivity contribution is -0.119. The maximum Gasteiger partial charge on any atom is 0.337 e. The van der Waals surface area contributed by atoms with Gasteiger partial charge in [-0.1, -0.05) is 35.9 Å². The summed E-state index contributed by atoms with van der Waals surface area (Å²) in [6.45, 7) is 1.86. The fraction of sp³-hybridized carbons (Fsp3) is 0.263. The van der Waals surface area contributed by atoms with E-state index >= 15 is 0 Å². The van der Waals surface area contributed by atoms with Crippen molar-refractivity contribution >= 4 is 27.6 Å². The number of anilines is 1. The average molecular weight is 390 g/mol. The van der Waals surface area contributed by atoms with Gasteiger partial charge in [-0.2, -0.15) is 0 Å². The molecule has 0 bridgehead atoms. The third-order valence-corrected chi connectivity index (χ3v) is 4.99. The number of ether oxygens (including phenoxy) is 1. The van der Waals surface area contributed by atoms with Crippen molar-refractivity contribution < 1.29 is 22.7 Å². The van der Waals surface area contributed by atoms with E-state index in [1.807, 2.05) is 31.2 Å². The Labute approximate surface area is 159 Å². The number of benzene rings is 2. The smallest absolute Gasteiger partial charge is 0.337 e. The molecule has 0 atom stereocenters. The maximum atomic E-state index is 12.3. The molecule has 0 heterocycles. The molecule has 0 saturated carbocycles. The molecule has 1 N–H and O–H groups in total. The molecule has 0 unspecified atom stereocenters. The summed E-state index contributed by atoms with van der Waals surface area (Å²) < 4.78 is 29.9. The van der Waals surface area contributed by atoms with E-state index < -0.39 is 28.4 Å². The van der Waals surface area contributed by atoms with Crippen LogP contribution in [0.4, 0.5) is 5.69 Å². The predicted octanol–water partition coefficient (Wildman–Crippen LogP) is 1.86. The Hall–Kier alpha value is -2.87. The molecule has 0 aliphatic carbocycles. The molecule has 2 aromatic rings. The number of amides is 1. The first-order valence-corrected chi connectivity index (χ1v) is 10.0. The molecule has 8 heteroatoms. The number of esters is 1. The number of sulfonamides is 1. The van der Waals surface area contributed by atoms with Crippen LogP contribution in [0.3, 0.4) is 0 Å². The Morgan fingerprint density at radius 1 is 1.11 bits per heavy atom. The highest BCUT2D eigenvalue weighted by Crippen LogP contribution is 2.19. The number of carbonyl (C=O) groups is 2. The summed E-state index contributed by atoms with van der Waals surface area (Å²) >= 11 is 0. The van der Waals surface area contributed by atoms with Gasteiger partial charge < -0.3 is 10.1 Å². The number of methoxy groups -OCH3 is 1. The van der Waals surface area contributed by atoms with Crippen molar-refractivity contribution in [2.45, 2.75) is 13.5 Å². The van der Waals surface area contributed by atoms with E-state index in [1.54, 1.807) is 0 Å². The second-order valence-corrected chi connectivity index (χ2v) is 7.98. The topological polar surface area (TPSA) is 92.8 Å². The molecule has 0 aromatic heterocycles. The van der Waals surface area contributed by atoms with Gasteiger partial charge in [0.15, 0.2) is 0 Å². The monoisotopic (exact) mass is 390 g/mol. The van der Waals surface area contributed by atoms with Gasteiger partial charge in [0.25, 0.3) is 0 Å². The van der Waals surface area contributed by atoms with Crippen LogP contribution in [0.25, 0.3) is 0 Å². The van der Waals surface area contributed by atoms with E-state index in [0.29, 0.717) is 6.54 Å². The number of hydrogen-bond acceptors (Lipinski definition) is 5. The Kier molecular flexibility index (Phi) is 6.57. The van der Waals surface area contributed by atoms with Gasteiger partial charge in [-0.25, -0.2) is 13.2 Å². The molecule has 2 aromatic carbocycles. The van der Waals surface area contributed by atoms with E-state index in [1.165, 1.54) is 31.4 Å². The molecule has 0 radical (unpaired) electrons. The number of rotatable bonds is 7. The second-order valence-electron chi connectivity index (χ2n) is 6.07. The minimum atomic E-state index is -3.73.